The molecule has 3 heterocycles. The Morgan fingerprint density at radius 3 is 0.932 bits per heavy atom. The maximum atomic E-state index is 14.0. The number of carbonyl (C=O) groups excluding carboxylic acids is 4. The summed E-state index contributed by atoms with van der Waals surface area (Å²) in [6.45, 7) is 2.66. The first-order valence-corrected chi connectivity index (χ1v) is 18.4. The molecule has 7 rings (SSSR count). The Morgan fingerprint density at radius 1 is 0.438 bits per heavy atom. The lowest BCUT2D eigenvalue weighted by Crippen LogP contribution is -2.23. The third-order valence-electron chi connectivity index (χ3n) is 9.03. The summed E-state index contributed by atoms with van der Waals surface area (Å²) in [5.74, 6) is -67.1. The van der Waals surface area contributed by atoms with E-state index in [0.717, 1.165) is 10.6 Å². The molecule has 1 aliphatic heterocycles. The van der Waals surface area contributed by atoms with Gasteiger partial charge in [-0.1, -0.05) is 6.08 Å². The van der Waals surface area contributed by atoms with Crippen LogP contribution in [-0.2, 0) is 17.8 Å². The Morgan fingerprint density at radius 2 is 0.671 bits per heavy atom. The number of ether oxygens (including phenoxy) is 5. The first-order valence-electron chi connectivity index (χ1n) is 18.4. The van der Waals surface area contributed by atoms with Gasteiger partial charge in [-0.15, -0.1) is 6.58 Å². The normalized spacial score (nSPS) is 12.8. The van der Waals surface area contributed by atoms with Crippen LogP contribution in [0, 0.1) is 116 Å². The van der Waals surface area contributed by atoms with Crippen LogP contribution < -0.4 is 18.9 Å². The van der Waals surface area contributed by atoms with E-state index < -0.39 is 199 Å². The molecule has 13 nitrogen and oxygen atoms in total. The molecule has 386 valence electrons. The molecule has 0 amide bonds. The molecule has 33 heteroatoms. The molecular formula is C40H12F20N4O9. The summed E-state index contributed by atoms with van der Waals surface area (Å²) in [4.78, 5) is 56.8. The highest BCUT2D eigenvalue weighted by atomic mass is 19.2. The van der Waals surface area contributed by atoms with E-state index in [1.165, 1.54) is 0 Å². The molecule has 4 aromatic carbocycles. The minimum absolute atomic E-state index is 0.120. The second-order valence-corrected chi connectivity index (χ2v) is 13.6. The van der Waals surface area contributed by atoms with Crippen molar-refractivity contribution in [1.29, 1.82) is 0 Å². The molecule has 0 aliphatic carbocycles. The molecule has 73 heavy (non-hydrogen) atoms. The summed E-state index contributed by atoms with van der Waals surface area (Å²) in [5, 5.41) is 0. The van der Waals surface area contributed by atoms with Crippen molar-refractivity contribution in [3.8, 4) is 23.0 Å². The van der Waals surface area contributed by atoms with Crippen LogP contribution in [0.5, 0.6) is 23.0 Å². The summed E-state index contributed by atoms with van der Waals surface area (Å²) in [7, 11) is 0. The first-order chi connectivity index (χ1) is 34.2. The molecule has 1 saturated heterocycles. The zero-order valence-corrected chi connectivity index (χ0v) is 34.2. The van der Waals surface area contributed by atoms with Gasteiger partial charge in [-0.05, 0) is 0 Å². The van der Waals surface area contributed by atoms with Gasteiger partial charge < -0.3 is 32.8 Å². The van der Waals surface area contributed by atoms with Crippen molar-refractivity contribution in [2.45, 2.75) is 19.2 Å². The minimum Gasteiger partial charge on any atom is -0.415 e. The highest BCUT2D eigenvalue weighted by Crippen LogP contribution is 2.35. The predicted octanol–water partition coefficient (Wildman–Crippen LogP) is 9.01. The number of hydrogen-bond donors (Lipinski definition) is 0. The van der Waals surface area contributed by atoms with E-state index in [1.54, 1.807) is 0 Å². The molecule has 0 saturated carbocycles. The van der Waals surface area contributed by atoms with Gasteiger partial charge in [-0.25, -0.2) is 81.8 Å². The maximum Gasteiger partial charge on any atom is 0.365 e. The van der Waals surface area contributed by atoms with E-state index >= 15 is 0 Å². The molecule has 1 aliphatic rings. The van der Waals surface area contributed by atoms with Crippen LogP contribution in [0.3, 0.4) is 0 Å². The Balaban J connectivity index is 0.000000238. The van der Waals surface area contributed by atoms with E-state index in [4.69, 9.17) is 4.74 Å². The third-order valence-corrected chi connectivity index (χ3v) is 9.03. The quantitative estimate of drug-likeness (QED) is 0.0220. The average Bonchev–Trinajstić information content (AvgIpc) is 3.93. The van der Waals surface area contributed by atoms with Gasteiger partial charge in [0.25, 0.3) is 0 Å². The van der Waals surface area contributed by atoms with Gasteiger partial charge in [0.1, 0.15) is 0 Å². The standard InChI is InChI=1S/C20H6F10N2O5.C20H6F10N2O4/c21-5-7(23)11(27)17(12(28)8(5)24)36-19(33)15-16(32(3-31-15)1-4-2-35-4)20(34)37-18-13(29)9(25)6(22)10(26)14(18)30;1-2-3-32-4-31-15(19(33)35-17-11(27)7(23)5(21)8(24)12(17)28)16(32)20(34)36-18-13(29)9(25)6(22)10(26)14(18)30/h3-4H,1-2H2;2,4H,1,3H2. The van der Waals surface area contributed by atoms with Gasteiger partial charge in [0.15, 0.2) is 22.8 Å². The summed E-state index contributed by atoms with van der Waals surface area (Å²) in [6.07, 6.45) is 1.78. The van der Waals surface area contributed by atoms with E-state index in [9.17, 15) is 107 Å². The summed E-state index contributed by atoms with van der Waals surface area (Å²) in [6, 6.07) is 0. The number of allylic oxidation sites excluding steroid dienone is 1. The van der Waals surface area contributed by atoms with Crippen molar-refractivity contribution in [2.75, 3.05) is 6.61 Å². The second-order valence-electron chi connectivity index (χ2n) is 13.6. The third kappa shape index (κ3) is 9.93. The van der Waals surface area contributed by atoms with Gasteiger partial charge in [0.2, 0.25) is 139 Å². The van der Waals surface area contributed by atoms with Crippen LogP contribution in [0.2, 0.25) is 0 Å². The number of halogens is 20. The number of epoxide rings is 1. The molecule has 2 aromatic heterocycles. The van der Waals surface area contributed by atoms with Crippen molar-refractivity contribution >= 4 is 23.9 Å². The lowest BCUT2D eigenvalue weighted by molar-refractivity contribution is 0.0662. The van der Waals surface area contributed by atoms with Crippen LogP contribution in [0.25, 0.3) is 0 Å². The highest BCUT2D eigenvalue weighted by Gasteiger charge is 2.38. The van der Waals surface area contributed by atoms with Gasteiger partial charge in [-0.2, -0.15) is 35.1 Å². The maximum absolute atomic E-state index is 14.0. The van der Waals surface area contributed by atoms with E-state index in [2.05, 4.69) is 35.5 Å². The van der Waals surface area contributed by atoms with E-state index in [0.29, 0.717) is 17.2 Å². The highest BCUT2D eigenvalue weighted by molar-refractivity contribution is 6.03. The van der Waals surface area contributed by atoms with Crippen LogP contribution in [0.4, 0.5) is 87.8 Å². The van der Waals surface area contributed by atoms with Crippen LogP contribution in [-0.4, -0.2) is 55.7 Å². The van der Waals surface area contributed by atoms with Gasteiger partial charge in [0, 0.05) is 6.54 Å². The molecule has 1 fully saturated rings. The summed E-state index contributed by atoms with van der Waals surface area (Å²) >= 11 is 0. The topological polar surface area (TPSA) is 153 Å². The molecule has 0 spiro atoms. The number of esters is 4. The fraction of sp³-hybridized carbons (Fsp3) is 0.100. The molecular weight excluding hydrogens is 1060 g/mol. The molecule has 0 bridgehead atoms. The molecule has 6 aromatic rings. The smallest absolute Gasteiger partial charge is 0.365 e. The fourth-order valence-electron chi connectivity index (χ4n) is 5.56. The van der Waals surface area contributed by atoms with Gasteiger partial charge in [-0.3, -0.25) is 0 Å². The van der Waals surface area contributed by atoms with Crippen molar-refractivity contribution in [1.82, 2.24) is 19.1 Å². The Labute approximate surface area is 386 Å². The number of benzene rings is 4. The van der Waals surface area contributed by atoms with E-state index in [-0.39, 0.29) is 13.2 Å². The SMILES string of the molecule is C=CCn1cnc(C(=O)Oc2c(F)c(F)c(F)c(F)c2F)c1C(=O)Oc1c(F)c(F)c(F)c(F)c1F.O=C(Oc1c(F)c(F)c(F)c(F)c1F)c1ncn(CC2CO2)c1C(=O)Oc1c(F)c(F)c(F)c(F)c1F. The number of hydrogen-bond acceptors (Lipinski definition) is 11. The number of aromatic nitrogens is 4. The zero-order valence-electron chi connectivity index (χ0n) is 34.2. The number of imidazole rings is 2. The predicted molar refractivity (Wildman–Crippen MR) is 189 cm³/mol. The zero-order chi connectivity index (χ0) is 54.4. The Bertz CT molecular complexity index is 3230. The van der Waals surface area contributed by atoms with Gasteiger partial charge >= 0.3 is 23.9 Å². The molecule has 0 radical (unpaired) electrons. The average molecular weight is 1070 g/mol. The lowest BCUT2D eigenvalue weighted by Gasteiger charge is -2.12. The molecule has 1 unspecified atom stereocenters. The largest absolute Gasteiger partial charge is 0.415 e. The monoisotopic (exact) mass is 1070 g/mol. The number of nitrogens with zero attached hydrogens (tertiary/aromatic N) is 4. The first kappa shape index (κ1) is 53.8. The number of carbonyl (C=O) groups is 4. The Kier molecular flexibility index (Phi) is 15.2. The van der Waals surface area contributed by atoms with Crippen LogP contribution >= 0.6 is 0 Å². The van der Waals surface area contributed by atoms with Crippen molar-refractivity contribution in [2.24, 2.45) is 0 Å². The minimum atomic E-state index is -2.58. The second kappa shape index (κ2) is 20.7. The van der Waals surface area contributed by atoms with Gasteiger partial charge in [0.05, 0.1) is 31.9 Å². The molecule has 0 N–H and O–H groups in total. The van der Waals surface area contributed by atoms with E-state index in [1.807, 2.05) is 0 Å². The lowest BCUT2D eigenvalue weighted by atomic mass is 10.2. The summed E-state index contributed by atoms with van der Waals surface area (Å²) < 4.78 is 294. The summed E-state index contributed by atoms with van der Waals surface area (Å²) in [5.41, 5.74) is -4.78. The fourth-order valence-corrected chi connectivity index (χ4v) is 5.56. The van der Waals surface area contributed by atoms with Crippen molar-refractivity contribution < 1.29 is 131 Å². The van der Waals surface area contributed by atoms with Crippen molar-refractivity contribution in [3.05, 3.63) is 164 Å². The number of rotatable bonds is 12. The Hall–Kier alpha value is -8.52. The molecule has 1 atom stereocenters. The van der Waals surface area contributed by atoms with Crippen molar-refractivity contribution in [3.63, 3.8) is 0 Å². The van der Waals surface area contributed by atoms with Crippen LogP contribution in [0.15, 0.2) is 25.3 Å². The van der Waals surface area contributed by atoms with Crippen LogP contribution in [0.1, 0.15) is 42.0 Å².